The second kappa shape index (κ2) is 7.48. The van der Waals surface area contributed by atoms with E-state index in [1.165, 1.54) is 0 Å². The molecule has 21 heavy (non-hydrogen) atoms. The van der Waals surface area contributed by atoms with Crippen LogP contribution < -0.4 is 0 Å². The lowest BCUT2D eigenvalue weighted by molar-refractivity contribution is -0.137. The van der Waals surface area contributed by atoms with E-state index in [0.717, 1.165) is 42.9 Å². The topological polar surface area (TPSA) is 40.5 Å². The molecule has 0 aliphatic carbocycles. The summed E-state index contributed by atoms with van der Waals surface area (Å²) in [5, 5.41) is 10.2. The van der Waals surface area contributed by atoms with E-state index in [0.29, 0.717) is 10.9 Å². The second-order valence-corrected chi connectivity index (χ2v) is 6.62. The molecule has 0 spiro atoms. The number of carbonyl (C=O) groups is 1. The summed E-state index contributed by atoms with van der Waals surface area (Å²) in [6.45, 7) is 4.09. The first kappa shape index (κ1) is 16.6. The van der Waals surface area contributed by atoms with Crippen LogP contribution in [-0.2, 0) is 4.79 Å². The van der Waals surface area contributed by atoms with Gasteiger partial charge in [-0.25, -0.2) is 0 Å². The van der Waals surface area contributed by atoms with Crippen LogP contribution >= 0.6 is 23.2 Å². The van der Waals surface area contributed by atoms with E-state index in [1.807, 2.05) is 12.1 Å². The SMILES string of the molecule is CC(c1cc(Cl)ccc1Cl)N1CCCC(CCC(=O)O)C1. The van der Waals surface area contributed by atoms with Gasteiger partial charge in [0.2, 0.25) is 0 Å². The van der Waals surface area contributed by atoms with E-state index in [1.54, 1.807) is 6.07 Å². The molecule has 2 atom stereocenters. The maximum absolute atomic E-state index is 10.7. The lowest BCUT2D eigenvalue weighted by Crippen LogP contribution is -2.37. The van der Waals surface area contributed by atoms with Crippen LogP contribution in [-0.4, -0.2) is 29.1 Å². The number of carboxylic acids is 1. The van der Waals surface area contributed by atoms with Gasteiger partial charge in [0.05, 0.1) is 0 Å². The summed E-state index contributed by atoms with van der Waals surface area (Å²) in [7, 11) is 0. The molecule has 116 valence electrons. The Bertz CT molecular complexity index is 507. The standard InChI is InChI=1S/C16H21Cl2NO2/c1-11(14-9-13(17)5-6-15(14)18)19-8-2-3-12(10-19)4-7-16(20)21/h5-6,9,11-12H,2-4,7-8,10H2,1H3,(H,20,21). The Hall–Kier alpha value is -0.770. The van der Waals surface area contributed by atoms with Gasteiger partial charge in [-0.3, -0.25) is 9.69 Å². The Morgan fingerprint density at radius 2 is 2.24 bits per heavy atom. The third-order valence-electron chi connectivity index (χ3n) is 4.27. The molecule has 2 unspecified atom stereocenters. The molecule has 1 heterocycles. The lowest BCUT2D eigenvalue weighted by Gasteiger charge is -2.37. The van der Waals surface area contributed by atoms with Gasteiger partial charge in [0.15, 0.2) is 0 Å². The summed E-state index contributed by atoms with van der Waals surface area (Å²) < 4.78 is 0. The molecule has 0 saturated carbocycles. The molecule has 1 N–H and O–H groups in total. The maximum atomic E-state index is 10.7. The van der Waals surface area contributed by atoms with E-state index in [9.17, 15) is 4.79 Å². The fourth-order valence-corrected chi connectivity index (χ4v) is 3.50. The summed E-state index contributed by atoms with van der Waals surface area (Å²) in [4.78, 5) is 13.1. The van der Waals surface area contributed by atoms with Crippen molar-refractivity contribution in [3.05, 3.63) is 33.8 Å². The average Bonchev–Trinajstić information content (AvgIpc) is 2.47. The van der Waals surface area contributed by atoms with Crippen LogP contribution in [0.2, 0.25) is 10.0 Å². The van der Waals surface area contributed by atoms with Crippen LogP contribution in [0.25, 0.3) is 0 Å². The summed E-state index contributed by atoms with van der Waals surface area (Å²) in [6.07, 6.45) is 3.22. The first-order valence-electron chi connectivity index (χ1n) is 7.38. The van der Waals surface area contributed by atoms with Crippen molar-refractivity contribution >= 4 is 29.2 Å². The normalized spacial score (nSPS) is 21.2. The van der Waals surface area contributed by atoms with Gasteiger partial charge in [-0.2, -0.15) is 0 Å². The summed E-state index contributed by atoms with van der Waals surface area (Å²) in [5.41, 5.74) is 1.04. The first-order valence-corrected chi connectivity index (χ1v) is 8.13. The van der Waals surface area contributed by atoms with Gasteiger partial charge in [-0.1, -0.05) is 23.2 Å². The minimum Gasteiger partial charge on any atom is -0.481 e. The van der Waals surface area contributed by atoms with Crippen LogP contribution in [0, 0.1) is 5.92 Å². The van der Waals surface area contributed by atoms with Crippen molar-refractivity contribution in [2.75, 3.05) is 13.1 Å². The fraction of sp³-hybridized carbons (Fsp3) is 0.562. The molecule has 0 radical (unpaired) electrons. The van der Waals surface area contributed by atoms with Crippen molar-refractivity contribution in [3.63, 3.8) is 0 Å². The Balaban J connectivity index is 2.03. The van der Waals surface area contributed by atoms with E-state index in [2.05, 4.69) is 11.8 Å². The largest absolute Gasteiger partial charge is 0.481 e. The smallest absolute Gasteiger partial charge is 0.303 e. The van der Waals surface area contributed by atoms with E-state index >= 15 is 0 Å². The van der Waals surface area contributed by atoms with Crippen LogP contribution in [0.15, 0.2) is 18.2 Å². The van der Waals surface area contributed by atoms with Crippen LogP contribution in [0.4, 0.5) is 0 Å². The molecule has 2 rings (SSSR count). The zero-order chi connectivity index (χ0) is 15.4. The van der Waals surface area contributed by atoms with Gasteiger partial charge < -0.3 is 5.11 Å². The number of hydrogen-bond donors (Lipinski definition) is 1. The Morgan fingerprint density at radius 3 is 2.95 bits per heavy atom. The molecule has 0 amide bonds. The molecular formula is C16H21Cl2NO2. The number of benzene rings is 1. The number of likely N-dealkylation sites (tertiary alicyclic amines) is 1. The predicted molar refractivity (Wildman–Crippen MR) is 86.0 cm³/mol. The molecule has 0 bridgehead atoms. The molecule has 5 heteroatoms. The van der Waals surface area contributed by atoms with Gasteiger partial charge in [0.25, 0.3) is 0 Å². The molecule has 3 nitrogen and oxygen atoms in total. The first-order chi connectivity index (χ1) is 9.97. The Labute approximate surface area is 135 Å². The molecule has 1 fully saturated rings. The number of halogens is 2. The molecule has 1 aromatic carbocycles. The summed E-state index contributed by atoms with van der Waals surface area (Å²) in [6, 6.07) is 5.76. The molecular weight excluding hydrogens is 309 g/mol. The van der Waals surface area contributed by atoms with Crippen LogP contribution in [0.5, 0.6) is 0 Å². The third-order valence-corrected chi connectivity index (χ3v) is 4.85. The van der Waals surface area contributed by atoms with Crippen molar-refractivity contribution in [1.82, 2.24) is 4.90 Å². The molecule has 1 aliphatic rings. The number of carboxylic acid groups (broad SMARTS) is 1. The van der Waals surface area contributed by atoms with Gasteiger partial charge in [-0.05, 0) is 62.4 Å². The molecule has 1 aliphatic heterocycles. The highest BCUT2D eigenvalue weighted by molar-refractivity contribution is 6.33. The van der Waals surface area contributed by atoms with E-state index in [-0.39, 0.29) is 12.5 Å². The number of hydrogen-bond acceptors (Lipinski definition) is 2. The zero-order valence-electron chi connectivity index (χ0n) is 12.2. The summed E-state index contributed by atoms with van der Waals surface area (Å²) >= 11 is 12.4. The number of aliphatic carboxylic acids is 1. The number of rotatable bonds is 5. The number of nitrogens with zero attached hydrogens (tertiary/aromatic N) is 1. The van der Waals surface area contributed by atoms with Crippen molar-refractivity contribution in [2.24, 2.45) is 5.92 Å². The Morgan fingerprint density at radius 1 is 1.48 bits per heavy atom. The quantitative estimate of drug-likeness (QED) is 0.856. The van der Waals surface area contributed by atoms with E-state index in [4.69, 9.17) is 28.3 Å². The van der Waals surface area contributed by atoms with Crippen molar-refractivity contribution < 1.29 is 9.90 Å². The van der Waals surface area contributed by atoms with Crippen molar-refractivity contribution in [3.8, 4) is 0 Å². The van der Waals surface area contributed by atoms with Crippen molar-refractivity contribution in [1.29, 1.82) is 0 Å². The average molecular weight is 330 g/mol. The minimum atomic E-state index is -0.710. The van der Waals surface area contributed by atoms with Gasteiger partial charge in [-0.15, -0.1) is 0 Å². The molecule has 1 saturated heterocycles. The second-order valence-electron chi connectivity index (χ2n) is 5.78. The highest BCUT2D eigenvalue weighted by Gasteiger charge is 2.25. The van der Waals surface area contributed by atoms with Crippen LogP contribution in [0.3, 0.4) is 0 Å². The predicted octanol–water partition coefficient (Wildman–Crippen LogP) is 4.63. The highest BCUT2D eigenvalue weighted by atomic mass is 35.5. The number of piperidine rings is 1. The minimum absolute atomic E-state index is 0.198. The Kier molecular flexibility index (Phi) is 5.91. The van der Waals surface area contributed by atoms with Gasteiger partial charge in [0.1, 0.15) is 0 Å². The van der Waals surface area contributed by atoms with Gasteiger partial charge in [0, 0.05) is 29.1 Å². The lowest BCUT2D eigenvalue weighted by atomic mass is 9.91. The third kappa shape index (κ3) is 4.60. The zero-order valence-corrected chi connectivity index (χ0v) is 13.7. The van der Waals surface area contributed by atoms with Gasteiger partial charge >= 0.3 is 5.97 Å². The molecule has 1 aromatic rings. The maximum Gasteiger partial charge on any atom is 0.303 e. The van der Waals surface area contributed by atoms with E-state index < -0.39 is 5.97 Å². The molecule has 0 aromatic heterocycles. The monoisotopic (exact) mass is 329 g/mol. The fourth-order valence-electron chi connectivity index (χ4n) is 3.04. The van der Waals surface area contributed by atoms with Crippen LogP contribution in [0.1, 0.15) is 44.2 Å². The highest BCUT2D eigenvalue weighted by Crippen LogP contribution is 2.33. The van der Waals surface area contributed by atoms with Crippen molar-refractivity contribution in [2.45, 2.75) is 38.6 Å². The summed E-state index contributed by atoms with van der Waals surface area (Å²) in [5.74, 6) is -0.256.